The highest BCUT2D eigenvalue weighted by atomic mass is 32.2. The van der Waals surface area contributed by atoms with Gasteiger partial charge in [-0.2, -0.15) is 0 Å². The number of nitrogens with one attached hydrogen (secondary N) is 2. The van der Waals surface area contributed by atoms with Gasteiger partial charge in [0.1, 0.15) is 5.75 Å². The highest BCUT2D eigenvalue weighted by molar-refractivity contribution is 7.92. The summed E-state index contributed by atoms with van der Waals surface area (Å²) in [6, 6.07) is 16.3. The number of carbonyl (C=O) groups is 3. The van der Waals surface area contributed by atoms with Crippen LogP contribution in [0.3, 0.4) is 0 Å². The van der Waals surface area contributed by atoms with Gasteiger partial charge in [-0.25, -0.2) is 17.6 Å². The number of hydrogen-bond acceptors (Lipinski definition) is 7. The average molecular weight is 711 g/mol. The zero-order valence-corrected chi connectivity index (χ0v) is 30.2. The Morgan fingerprint density at radius 3 is 2.32 bits per heavy atom. The SMILES string of the molecule is COc1cccc(C(N(CC(=O)[C@H](Cc2ccccc2)NC(=O)c2cc(NC(C)C)cc(N3CCCCS3(=O)=O)c2F)C(=O)O)C(C)(C)C)c1. The molecular weight excluding hydrogens is 663 g/mol. The fourth-order valence-corrected chi connectivity index (χ4v) is 7.90. The number of Topliss-reactive ketones (excluding diaryl/α,β-unsaturated/α-hetero) is 1. The first kappa shape index (κ1) is 38.2. The highest BCUT2D eigenvalue weighted by Gasteiger charge is 2.38. The van der Waals surface area contributed by atoms with Gasteiger partial charge in [0.25, 0.3) is 5.91 Å². The number of hydrogen-bond donors (Lipinski definition) is 3. The van der Waals surface area contributed by atoms with Gasteiger partial charge >= 0.3 is 6.09 Å². The third kappa shape index (κ3) is 9.32. The van der Waals surface area contributed by atoms with E-state index in [4.69, 9.17) is 4.74 Å². The van der Waals surface area contributed by atoms with Gasteiger partial charge < -0.3 is 20.5 Å². The third-order valence-electron chi connectivity index (χ3n) is 8.46. The van der Waals surface area contributed by atoms with Crippen molar-refractivity contribution in [3.8, 4) is 5.75 Å². The predicted octanol–water partition coefficient (Wildman–Crippen LogP) is 6.26. The van der Waals surface area contributed by atoms with Gasteiger partial charge in [-0.3, -0.25) is 18.8 Å². The lowest BCUT2D eigenvalue weighted by Crippen LogP contribution is -2.50. The van der Waals surface area contributed by atoms with E-state index in [1.165, 1.54) is 19.2 Å². The van der Waals surface area contributed by atoms with Crippen LogP contribution in [0, 0.1) is 11.2 Å². The summed E-state index contributed by atoms with van der Waals surface area (Å²) in [7, 11) is -2.32. The Morgan fingerprint density at radius 1 is 1.02 bits per heavy atom. The van der Waals surface area contributed by atoms with Crippen molar-refractivity contribution in [3.63, 3.8) is 0 Å². The van der Waals surface area contributed by atoms with Crippen LogP contribution in [0.1, 0.15) is 75.0 Å². The summed E-state index contributed by atoms with van der Waals surface area (Å²) in [5.41, 5.74) is 0.264. The van der Waals surface area contributed by atoms with Crippen molar-refractivity contribution in [3.05, 3.63) is 89.2 Å². The first-order valence-electron chi connectivity index (χ1n) is 16.6. The van der Waals surface area contributed by atoms with Crippen LogP contribution in [0.2, 0.25) is 0 Å². The lowest BCUT2D eigenvalue weighted by atomic mass is 9.81. The molecule has 1 aliphatic rings. The monoisotopic (exact) mass is 710 g/mol. The van der Waals surface area contributed by atoms with E-state index >= 15 is 4.39 Å². The molecule has 0 radical (unpaired) electrons. The van der Waals surface area contributed by atoms with Crippen molar-refractivity contribution in [2.24, 2.45) is 5.41 Å². The minimum absolute atomic E-state index is 0.00285. The van der Waals surface area contributed by atoms with Crippen LogP contribution < -0.4 is 19.7 Å². The molecule has 2 amide bonds. The summed E-state index contributed by atoms with van der Waals surface area (Å²) in [4.78, 5) is 42.0. The van der Waals surface area contributed by atoms with E-state index in [0.29, 0.717) is 35.4 Å². The van der Waals surface area contributed by atoms with Crippen LogP contribution in [0.15, 0.2) is 66.7 Å². The first-order chi connectivity index (χ1) is 23.5. The highest BCUT2D eigenvalue weighted by Crippen LogP contribution is 2.39. The van der Waals surface area contributed by atoms with E-state index < -0.39 is 63.2 Å². The molecule has 1 saturated heterocycles. The second kappa shape index (κ2) is 15.9. The molecule has 270 valence electrons. The fourth-order valence-electron chi connectivity index (χ4n) is 6.27. The summed E-state index contributed by atoms with van der Waals surface area (Å²) in [5, 5.41) is 16.2. The number of halogens is 1. The Morgan fingerprint density at radius 2 is 1.72 bits per heavy atom. The standard InChI is InChI=1S/C37H47FN4O7S/c1-24(2)39-27-21-29(33(38)31(22-27)42-17-10-11-18-50(42,47)48)35(44)40-30(19-25-13-8-7-9-14-25)32(43)23-41(36(45)46)34(37(3,4)5)26-15-12-16-28(20-26)49-6/h7-9,12-16,20-22,24,30,34,39H,10-11,17-19,23H2,1-6H3,(H,40,44)(H,45,46)/t30-,34?/m0/s1. The Hall–Kier alpha value is -4.65. The van der Waals surface area contributed by atoms with Crippen LogP contribution in [0.4, 0.5) is 20.6 Å². The Kier molecular flexibility index (Phi) is 12.2. The smallest absolute Gasteiger partial charge is 0.408 e. The van der Waals surface area contributed by atoms with Crippen molar-refractivity contribution >= 4 is 39.2 Å². The zero-order chi connectivity index (χ0) is 36.8. The average Bonchev–Trinajstić information content (AvgIpc) is 3.04. The molecule has 3 N–H and O–H groups in total. The molecule has 0 spiro atoms. The number of carbonyl (C=O) groups excluding carboxylic acids is 2. The van der Waals surface area contributed by atoms with Gasteiger partial charge in [-0.05, 0) is 73.9 Å². The van der Waals surface area contributed by atoms with Gasteiger partial charge in [-0.15, -0.1) is 0 Å². The van der Waals surface area contributed by atoms with E-state index in [1.807, 2.05) is 34.6 Å². The van der Waals surface area contributed by atoms with Crippen LogP contribution in [-0.2, 0) is 21.2 Å². The normalized spacial score (nSPS) is 15.6. The molecule has 1 fully saturated rings. The molecule has 2 atom stereocenters. The Bertz CT molecular complexity index is 1790. The van der Waals surface area contributed by atoms with Gasteiger partial charge in [0.15, 0.2) is 11.6 Å². The van der Waals surface area contributed by atoms with Crippen LogP contribution in [0.25, 0.3) is 0 Å². The predicted molar refractivity (Wildman–Crippen MR) is 192 cm³/mol. The molecule has 3 aromatic carbocycles. The minimum Gasteiger partial charge on any atom is -0.497 e. The van der Waals surface area contributed by atoms with Crippen molar-refractivity contribution in [2.75, 3.05) is 35.6 Å². The first-order valence-corrected chi connectivity index (χ1v) is 18.2. The van der Waals surface area contributed by atoms with Crippen LogP contribution >= 0.6 is 0 Å². The Labute approximate surface area is 293 Å². The summed E-state index contributed by atoms with van der Waals surface area (Å²) >= 11 is 0. The molecule has 0 saturated carbocycles. The van der Waals surface area contributed by atoms with E-state index in [9.17, 15) is 27.9 Å². The van der Waals surface area contributed by atoms with Gasteiger partial charge in [0, 0.05) is 18.3 Å². The zero-order valence-electron chi connectivity index (χ0n) is 29.4. The van der Waals surface area contributed by atoms with E-state index in [0.717, 1.165) is 9.21 Å². The summed E-state index contributed by atoms with van der Waals surface area (Å²) < 4.78 is 48.6. The number of nitrogens with zero attached hydrogens (tertiary/aromatic N) is 2. The maximum Gasteiger partial charge on any atom is 0.408 e. The number of carboxylic acid groups (broad SMARTS) is 1. The molecule has 0 aromatic heterocycles. The molecule has 0 bridgehead atoms. The number of anilines is 2. The van der Waals surface area contributed by atoms with Crippen molar-refractivity contribution < 1.29 is 37.0 Å². The maximum absolute atomic E-state index is 16.3. The van der Waals surface area contributed by atoms with Crippen LogP contribution in [0.5, 0.6) is 5.75 Å². The quantitative estimate of drug-likeness (QED) is 0.189. The maximum atomic E-state index is 16.3. The number of ketones is 1. The second-order valence-corrected chi connectivity index (χ2v) is 15.9. The van der Waals surface area contributed by atoms with Crippen molar-refractivity contribution in [1.29, 1.82) is 0 Å². The third-order valence-corrected chi connectivity index (χ3v) is 10.3. The summed E-state index contributed by atoms with van der Waals surface area (Å²) in [6.45, 7) is 8.76. The molecule has 1 unspecified atom stereocenters. The topological polar surface area (TPSA) is 145 Å². The molecule has 11 nitrogen and oxygen atoms in total. The van der Waals surface area contributed by atoms with Crippen molar-refractivity contribution in [2.45, 2.75) is 72.0 Å². The van der Waals surface area contributed by atoms with Gasteiger partial charge in [0.05, 0.1) is 42.7 Å². The summed E-state index contributed by atoms with van der Waals surface area (Å²) in [5.74, 6) is -2.21. The second-order valence-electron chi connectivity index (χ2n) is 13.9. The lowest BCUT2D eigenvalue weighted by molar-refractivity contribution is -0.122. The molecular formula is C37H47FN4O7S. The largest absolute Gasteiger partial charge is 0.497 e. The number of ether oxygens (including phenoxy) is 1. The molecule has 3 aromatic rings. The van der Waals surface area contributed by atoms with Gasteiger partial charge in [0.2, 0.25) is 10.0 Å². The number of benzene rings is 3. The molecule has 1 aliphatic heterocycles. The number of methoxy groups -OCH3 is 1. The molecule has 50 heavy (non-hydrogen) atoms. The van der Waals surface area contributed by atoms with E-state index in [2.05, 4.69) is 10.6 Å². The molecule has 4 rings (SSSR count). The number of rotatable bonds is 13. The Balaban J connectivity index is 1.74. The minimum atomic E-state index is -3.82. The number of amides is 2. The number of sulfonamides is 1. The van der Waals surface area contributed by atoms with E-state index in [1.54, 1.807) is 54.6 Å². The molecule has 13 heteroatoms. The van der Waals surface area contributed by atoms with Gasteiger partial charge in [-0.1, -0.05) is 63.2 Å². The van der Waals surface area contributed by atoms with Crippen LogP contribution in [-0.4, -0.2) is 74.2 Å². The fraction of sp³-hybridized carbons (Fsp3) is 0.432. The van der Waals surface area contributed by atoms with E-state index in [-0.39, 0.29) is 30.4 Å². The lowest BCUT2D eigenvalue weighted by Gasteiger charge is -2.39. The molecule has 1 heterocycles. The summed E-state index contributed by atoms with van der Waals surface area (Å²) in [6.07, 6.45) is -0.364. The van der Waals surface area contributed by atoms with Crippen molar-refractivity contribution in [1.82, 2.24) is 10.2 Å². The molecule has 0 aliphatic carbocycles.